The molecular formula is C31H25ClF2N2O6. The summed E-state index contributed by atoms with van der Waals surface area (Å²) in [4.78, 5) is 18.2. The molecule has 0 spiro atoms. The number of carbonyl (C=O) groups is 1. The Bertz CT molecular complexity index is 1710. The molecule has 0 saturated carbocycles. The number of halogens is 3. The number of imidazole rings is 1. The van der Waals surface area contributed by atoms with Crippen molar-refractivity contribution in [3.63, 3.8) is 0 Å². The van der Waals surface area contributed by atoms with E-state index in [4.69, 9.17) is 30.9 Å². The molecule has 0 saturated heterocycles. The monoisotopic (exact) mass is 594 g/mol. The van der Waals surface area contributed by atoms with E-state index in [0.29, 0.717) is 25.4 Å². The van der Waals surface area contributed by atoms with E-state index in [1.165, 1.54) is 18.2 Å². The summed E-state index contributed by atoms with van der Waals surface area (Å²) in [6.07, 6.45) is 0. The molecule has 5 aromatic rings. The Morgan fingerprint density at radius 2 is 1.55 bits per heavy atom. The van der Waals surface area contributed by atoms with Crippen LogP contribution < -0.4 is 4.74 Å². The second kappa shape index (κ2) is 13.1. The number of aliphatic hydroxyl groups excluding tert-OH is 1. The molecule has 1 heterocycles. The summed E-state index contributed by atoms with van der Waals surface area (Å²) in [5.74, 6) is -2.78. The predicted molar refractivity (Wildman–Crippen MR) is 153 cm³/mol. The van der Waals surface area contributed by atoms with Crippen LogP contribution in [0.25, 0.3) is 33.3 Å². The molecule has 1 aromatic heterocycles. The Labute approximate surface area is 244 Å². The fourth-order valence-electron chi connectivity index (χ4n) is 4.31. The zero-order valence-corrected chi connectivity index (χ0v) is 22.8. The first-order chi connectivity index (χ1) is 20.3. The maximum Gasteiger partial charge on any atom is 0.337 e. The summed E-state index contributed by atoms with van der Waals surface area (Å²) in [6, 6.07) is 19.6. The molecule has 0 atom stereocenters. The van der Waals surface area contributed by atoms with E-state index in [-0.39, 0.29) is 52.2 Å². The summed E-state index contributed by atoms with van der Waals surface area (Å²) < 4.78 is 46.9. The van der Waals surface area contributed by atoms with Gasteiger partial charge in [-0.05, 0) is 40.5 Å². The fourth-order valence-corrected chi connectivity index (χ4v) is 4.51. The molecule has 8 nitrogen and oxygen atoms in total. The number of hydrogen-bond acceptors (Lipinski definition) is 6. The Balaban J connectivity index is 1.31. The summed E-state index contributed by atoms with van der Waals surface area (Å²) >= 11 is 5.89. The van der Waals surface area contributed by atoms with E-state index in [1.807, 2.05) is 24.3 Å². The van der Waals surface area contributed by atoms with Crippen LogP contribution in [-0.4, -0.2) is 52.6 Å². The molecule has 11 heteroatoms. The normalized spacial score (nSPS) is 11.2. The minimum Gasteiger partial charge on any atom is -0.478 e. The number of aromatic carboxylic acids is 1. The number of hydrogen-bond donors (Lipinski definition) is 3. The lowest BCUT2D eigenvalue weighted by Gasteiger charge is -2.09. The standard InChI is InChI=1S/C31H25ClF2N2O6/c32-24-10-9-22(15-23(24)30(38)39)42-31-35-26-16-25(33)27(28(34)29(26)36-31)21-7-5-20(6-8-21)19-3-1-18(2-4-19)17-41-14-13-40-12-11-37/h1-10,15-16,37H,11-14,17H2,(H,35,36)(H,38,39). The Morgan fingerprint density at radius 3 is 2.24 bits per heavy atom. The highest BCUT2D eigenvalue weighted by Crippen LogP contribution is 2.34. The van der Waals surface area contributed by atoms with Crippen LogP contribution in [0.3, 0.4) is 0 Å². The number of nitrogens with zero attached hydrogens (tertiary/aromatic N) is 1. The average molecular weight is 595 g/mol. The van der Waals surface area contributed by atoms with Crippen LogP contribution in [0.1, 0.15) is 15.9 Å². The lowest BCUT2D eigenvalue weighted by Crippen LogP contribution is -2.07. The van der Waals surface area contributed by atoms with Gasteiger partial charge in [0.05, 0.1) is 54.7 Å². The Morgan fingerprint density at radius 1 is 0.881 bits per heavy atom. The lowest BCUT2D eigenvalue weighted by atomic mass is 9.98. The first-order valence-corrected chi connectivity index (χ1v) is 13.3. The van der Waals surface area contributed by atoms with Gasteiger partial charge in [-0.1, -0.05) is 60.1 Å². The first-order valence-electron chi connectivity index (χ1n) is 12.9. The van der Waals surface area contributed by atoms with Crippen molar-refractivity contribution in [2.24, 2.45) is 0 Å². The van der Waals surface area contributed by atoms with Crippen molar-refractivity contribution in [2.45, 2.75) is 6.61 Å². The van der Waals surface area contributed by atoms with Gasteiger partial charge in [0.15, 0.2) is 5.82 Å². The number of aliphatic hydroxyl groups is 1. The molecule has 42 heavy (non-hydrogen) atoms. The lowest BCUT2D eigenvalue weighted by molar-refractivity contribution is 0.0274. The molecule has 5 rings (SSSR count). The molecule has 0 aliphatic carbocycles. The molecule has 0 amide bonds. The minimum atomic E-state index is -1.24. The van der Waals surface area contributed by atoms with Crippen molar-refractivity contribution >= 4 is 28.6 Å². The second-order valence-electron chi connectivity index (χ2n) is 9.20. The number of carboxylic acid groups (broad SMARTS) is 1. The van der Waals surface area contributed by atoms with E-state index in [0.717, 1.165) is 22.8 Å². The SMILES string of the molecule is O=C(O)c1cc(Oc2nc3c(F)c(-c4ccc(-c5ccc(COCCOCCO)cc5)cc4)c(F)cc3[nH]2)ccc1Cl. The van der Waals surface area contributed by atoms with Crippen LogP contribution >= 0.6 is 11.6 Å². The van der Waals surface area contributed by atoms with Gasteiger partial charge in [0, 0.05) is 6.07 Å². The van der Waals surface area contributed by atoms with Crippen molar-refractivity contribution in [1.29, 1.82) is 0 Å². The smallest absolute Gasteiger partial charge is 0.337 e. The van der Waals surface area contributed by atoms with Crippen LogP contribution in [0, 0.1) is 11.6 Å². The number of H-pyrrole nitrogens is 1. The topological polar surface area (TPSA) is 114 Å². The van der Waals surface area contributed by atoms with E-state index >= 15 is 8.78 Å². The number of fused-ring (bicyclic) bond motifs is 1. The third-order valence-electron chi connectivity index (χ3n) is 6.37. The van der Waals surface area contributed by atoms with Gasteiger partial charge in [0.1, 0.15) is 17.1 Å². The van der Waals surface area contributed by atoms with Crippen molar-refractivity contribution in [1.82, 2.24) is 9.97 Å². The molecule has 0 aliphatic rings. The van der Waals surface area contributed by atoms with E-state index in [1.54, 1.807) is 24.3 Å². The van der Waals surface area contributed by atoms with Gasteiger partial charge in [-0.25, -0.2) is 13.6 Å². The molecule has 0 fully saturated rings. The molecular weight excluding hydrogens is 570 g/mol. The maximum absolute atomic E-state index is 15.5. The molecule has 4 aromatic carbocycles. The van der Waals surface area contributed by atoms with Crippen LogP contribution in [0.15, 0.2) is 72.8 Å². The molecule has 0 bridgehead atoms. The molecule has 0 unspecified atom stereocenters. The summed E-state index contributed by atoms with van der Waals surface area (Å²) in [6.45, 7) is 1.52. The van der Waals surface area contributed by atoms with Crippen molar-refractivity contribution in [3.8, 4) is 34.0 Å². The molecule has 216 valence electrons. The highest BCUT2D eigenvalue weighted by atomic mass is 35.5. The van der Waals surface area contributed by atoms with Crippen LogP contribution in [0.4, 0.5) is 8.78 Å². The van der Waals surface area contributed by atoms with Gasteiger partial charge in [0.2, 0.25) is 0 Å². The summed E-state index contributed by atoms with van der Waals surface area (Å²) in [7, 11) is 0. The molecule has 3 N–H and O–H groups in total. The number of aromatic nitrogens is 2. The first kappa shape index (κ1) is 29.2. The predicted octanol–water partition coefficient (Wildman–Crippen LogP) is 6.84. The largest absolute Gasteiger partial charge is 0.478 e. The maximum atomic E-state index is 15.5. The number of benzene rings is 4. The average Bonchev–Trinajstić information content (AvgIpc) is 3.39. The zero-order chi connectivity index (χ0) is 29.6. The van der Waals surface area contributed by atoms with Crippen molar-refractivity contribution in [2.75, 3.05) is 26.4 Å². The Kier molecular flexibility index (Phi) is 9.09. The summed E-state index contributed by atoms with van der Waals surface area (Å²) in [5.41, 5.74) is 2.65. The Hall–Kier alpha value is -4.35. The van der Waals surface area contributed by atoms with Crippen LogP contribution in [0.5, 0.6) is 11.8 Å². The quantitative estimate of drug-likeness (QED) is 0.135. The number of nitrogens with one attached hydrogen (secondary N) is 1. The van der Waals surface area contributed by atoms with E-state index in [2.05, 4.69) is 9.97 Å². The number of carboxylic acids is 1. The van der Waals surface area contributed by atoms with E-state index in [9.17, 15) is 9.90 Å². The van der Waals surface area contributed by atoms with Gasteiger partial charge in [-0.15, -0.1) is 0 Å². The summed E-state index contributed by atoms with van der Waals surface area (Å²) in [5, 5.41) is 18.0. The highest BCUT2D eigenvalue weighted by Gasteiger charge is 2.20. The van der Waals surface area contributed by atoms with Crippen molar-refractivity contribution in [3.05, 3.63) is 101 Å². The van der Waals surface area contributed by atoms with Gasteiger partial charge >= 0.3 is 5.97 Å². The van der Waals surface area contributed by atoms with E-state index < -0.39 is 17.6 Å². The third kappa shape index (κ3) is 6.58. The third-order valence-corrected chi connectivity index (χ3v) is 6.70. The molecule has 0 aliphatic heterocycles. The van der Waals surface area contributed by atoms with Gasteiger partial charge in [0.25, 0.3) is 6.01 Å². The number of ether oxygens (including phenoxy) is 3. The van der Waals surface area contributed by atoms with Crippen molar-refractivity contribution < 1.29 is 38.0 Å². The van der Waals surface area contributed by atoms with Crippen LogP contribution in [0.2, 0.25) is 5.02 Å². The highest BCUT2D eigenvalue weighted by molar-refractivity contribution is 6.33. The molecule has 0 radical (unpaired) electrons. The minimum absolute atomic E-state index is 0.0207. The zero-order valence-electron chi connectivity index (χ0n) is 22.1. The van der Waals surface area contributed by atoms with Gasteiger partial charge in [-0.2, -0.15) is 4.98 Å². The second-order valence-corrected chi connectivity index (χ2v) is 9.60. The van der Waals surface area contributed by atoms with Crippen LogP contribution in [-0.2, 0) is 16.1 Å². The number of rotatable bonds is 12. The number of aromatic amines is 1. The fraction of sp³-hybridized carbons (Fsp3) is 0.161. The van der Waals surface area contributed by atoms with Gasteiger partial charge in [-0.3, -0.25) is 0 Å². The van der Waals surface area contributed by atoms with Gasteiger partial charge < -0.3 is 29.4 Å².